The number of carbonyl (C=O) groups excluding carboxylic acids is 2. The minimum Gasteiger partial charge on any atom is -0.469 e. The standard InChI is InChI=1S/C20H40O5.C3H6O2/c1-4-5-8-16(3)20(25)19(24)14-15(2)13-18(23)10-7-6-9-17(22)11-12-21;1-3(4)5-2/h12,15-20,22-25H,4-11,13-14H2,1-3H3;1-2H3. The number of aliphatic hydroxyl groups is 4. The zero-order chi connectivity index (χ0) is 23.5. The first-order valence-electron chi connectivity index (χ1n) is 11.3. The predicted octanol–water partition coefficient (Wildman–Crippen LogP) is 3.00. The Bertz CT molecular complexity index is 416. The van der Waals surface area contributed by atoms with E-state index in [4.69, 9.17) is 0 Å². The summed E-state index contributed by atoms with van der Waals surface area (Å²) in [5.41, 5.74) is 0. The van der Waals surface area contributed by atoms with Crippen molar-refractivity contribution in [2.75, 3.05) is 7.11 Å². The van der Waals surface area contributed by atoms with Crippen molar-refractivity contribution in [2.45, 2.75) is 116 Å². The van der Waals surface area contributed by atoms with Crippen LogP contribution in [0.15, 0.2) is 0 Å². The average Bonchev–Trinajstić information content (AvgIpc) is 2.69. The molecule has 180 valence electrons. The van der Waals surface area contributed by atoms with Crippen molar-refractivity contribution in [1.82, 2.24) is 0 Å². The molecule has 4 N–H and O–H groups in total. The lowest BCUT2D eigenvalue weighted by molar-refractivity contribution is -0.137. The maximum absolute atomic E-state index is 10.3. The summed E-state index contributed by atoms with van der Waals surface area (Å²) in [6, 6.07) is 0. The molecule has 0 rings (SSSR count). The van der Waals surface area contributed by atoms with E-state index in [0.717, 1.165) is 38.4 Å². The summed E-state index contributed by atoms with van der Waals surface area (Å²) >= 11 is 0. The lowest BCUT2D eigenvalue weighted by atomic mass is 9.88. The number of aliphatic hydroxyl groups excluding tert-OH is 4. The van der Waals surface area contributed by atoms with Crippen molar-refractivity contribution in [3.8, 4) is 0 Å². The highest BCUT2D eigenvalue weighted by molar-refractivity contribution is 5.65. The van der Waals surface area contributed by atoms with E-state index in [1.807, 2.05) is 13.8 Å². The molecule has 0 heterocycles. The third kappa shape index (κ3) is 19.0. The summed E-state index contributed by atoms with van der Waals surface area (Å²) < 4.78 is 4.11. The summed E-state index contributed by atoms with van der Waals surface area (Å²) in [5, 5.41) is 40.0. The second kappa shape index (κ2) is 19.9. The number of methoxy groups -OCH3 is 1. The SMILES string of the molecule is CCCCC(C)C(O)C(O)CC(C)CC(O)CCCCC(O)CC=O.COC(C)=O. The van der Waals surface area contributed by atoms with E-state index >= 15 is 0 Å². The van der Waals surface area contributed by atoms with E-state index in [1.54, 1.807) is 0 Å². The van der Waals surface area contributed by atoms with Crippen LogP contribution in [0.2, 0.25) is 0 Å². The average molecular weight is 435 g/mol. The third-order valence-corrected chi connectivity index (χ3v) is 5.29. The molecule has 0 aromatic rings. The monoisotopic (exact) mass is 434 g/mol. The van der Waals surface area contributed by atoms with Gasteiger partial charge < -0.3 is 30.0 Å². The van der Waals surface area contributed by atoms with E-state index in [0.29, 0.717) is 25.7 Å². The summed E-state index contributed by atoms with van der Waals surface area (Å²) in [7, 11) is 1.35. The maximum atomic E-state index is 10.3. The Hall–Kier alpha value is -1.02. The normalized spacial score (nSPS) is 17.0. The van der Waals surface area contributed by atoms with Gasteiger partial charge in [0.25, 0.3) is 0 Å². The fraction of sp³-hybridized carbons (Fsp3) is 0.913. The Morgan fingerprint density at radius 3 is 1.93 bits per heavy atom. The molecule has 0 saturated carbocycles. The zero-order valence-electron chi connectivity index (χ0n) is 19.6. The molecule has 0 aliphatic carbocycles. The molecular weight excluding hydrogens is 388 g/mol. The number of rotatable bonds is 16. The van der Waals surface area contributed by atoms with Gasteiger partial charge in [0.05, 0.1) is 31.5 Å². The molecule has 0 aromatic carbocycles. The summed E-state index contributed by atoms with van der Waals surface area (Å²) in [4.78, 5) is 19.9. The van der Waals surface area contributed by atoms with Crippen LogP contribution in [0.1, 0.15) is 91.9 Å². The molecule has 7 nitrogen and oxygen atoms in total. The molecule has 6 atom stereocenters. The quantitative estimate of drug-likeness (QED) is 0.167. The molecule has 7 heteroatoms. The molecule has 6 unspecified atom stereocenters. The summed E-state index contributed by atoms with van der Waals surface area (Å²) in [6.07, 6.45) is 5.45. The number of carbonyl (C=O) groups is 2. The van der Waals surface area contributed by atoms with Crippen LogP contribution in [0, 0.1) is 11.8 Å². The lowest BCUT2D eigenvalue weighted by Crippen LogP contribution is -2.34. The molecule has 0 aliphatic heterocycles. The van der Waals surface area contributed by atoms with Gasteiger partial charge in [-0.1, -0.05) is 46.5 Å². The van der Waals surface area contributed by atoms with E-state index in [2.05, 4.69) is 11.7 Å². The first-order valence-corrected chi connectivity index (χ1v) is 11.3. The summed E-state index contributed by atoms with van der Waals surface area (Å²) in [6.45, 7) is 7.44. The number of unbranched alkanes of at least 4 members (excludes halogenated alkanes) is 2. The fourth-order valence-corrected chi connectivity index (χ4v) is 3.30. The highest BCUT2D eigenvalue weighted by atomic mass is 16.5. The number of aldehydes is 1. The van der Waals surface area contributed by atoms with Crippen LogP contribution < -0.4 is 0 Å². The fourth-order valence-electron chi connectivity index (χ4n) is 3.30. The molecule has 30 heavy (non-hydrogen) atoms. The van der Waals surface area contributed by atoms with Crippen molar-refractivity contribution >= 4 is 12.3 Å². The van der Waals surface area contributed by atoms with Crippen LogP contribution in [0.25, 0.3) is 0 Å². The number of esters is 1. The predicted molar refractivity (Wildman–Crippen MR) is 118 cm³/mol. The van der Waals surface area contributed by atoms with Crippen LogP contribution in [-0.2, 0) is 14.3 Å². The lowest BCUT2D eigenvalue weighted by Gasteiger charge is -2.26. The number of hydrogen-bond donors (Lipinski definition) is 4. The van der Waals surface area contributed by atoms with Crippen molar-refractivity contribution in [1.29, 1.82) is 0 Å². The van der Waals surface area contributed by atoms with Crippen LogP contribution in [-0.4, -0.2) is 64.2 Å². The Balaban J connectivity index is 0. The molecule has 0 saturated heterocycles. The molecule has 0 aliphatic rings. The van der Waals surface area contributed by atoms with Crippen LogP contribution >= 0.6 is 0 Å². The molecule has 0 aromatic heterocycles. The highest BCUT2D eigenvalue weighted by Gasteiger charge is 2.24. The highest BCUT2D eigenvalue weighted by Crippen LogP contribution is 2.22. The maximum Gasteiger partial charge on any atom is 0.302 e. The van der Waals surface area contributed by atoms with Gasteiger partial charge in [0.1, 0.15) is 6.29 Å². The van der Waals surface area contributed by atoms with Crippen LogP contribution in [0.4, 0.5) is 0 Å². The second-order valence-electron chi connectivity index (χ2n) is 8.44. The van der Waals surface area contributed by atoms with E-state index in [1.165, 1.54) is 14.0 Å². The van der Waals surface area contributed by atoms with Crippen molar-refractivity contribution < 1.29 is 34.8 Å². The second-order valence-corrected chi connectivity index (χ2v) is 8.44. The van der Waals surface area contributed by atoms with E-state index in [9.17, 15) is 30.0 Å². The molecule has 0 bridgehead atoms. The largest absolute Gasteiger partial charge is 0.469 e. The first kappa shape index (κ1) is 31.2. The first-order chi connectivity index (χ1) is 14.1. The Morgan fingerprint density at radius 2 is 1.47 bits per heavy atom. The topological polar surface area (TPSA) is 124 Å². The van der Waals surface area contributed by atoms with Gasteiger partial charge in [-0.3, -0.25) is 4.79 Å². The van der Waals surface area contributed by atoms with E-state index in [-0.39, 0.29) is 24.2 Å². The van der Waals surface area contributed by atoms with Gasteiger partial charge in [0, 0.05) is 13.3 Å². The Labute approximate surface area is 182 Å². The van der Waals surface area contributed by atoms with Gasteiger partial charge in [-0.05, 0) is 43.9 Å². The van der Waals surface area contributed by atoms with Crippen molar-refractivity contribution in [3.63, 3.8) is 0 Å². The summed E-state index contributed by atoms with van der Waals surface area (Å²) in [5.74, 6) is -0.0199. The molecule has 0 radical (unpaired) electrons. The third-order valence-electron chi connectivity index (χ3n) is 5.29. The number of hydrogen-bond acceptors (Lipinski definition) is 7. The minimum atomic E-state index is -0.743. The van der Waals surface area contributed by atoms with Gasteiger partial charge in [0.15, 0.2) is 0 Å². The van der Waals surface area contributed by atoms with Gasteiger partial charge in [-0.15, -0.1) is 0 Å². The van der Waals surface area contributed by atoms with Gasteiger partial charge in [-0.25, -0.2) is 0 Å². The van der Waals surface area contributed by atoms with Crippen molar-refractivity contribution in [2.24, 2.45) is 11.8 Å². The zero-order valence-corrected chi connectivity index (χ0v) is 19.6. The molecule has 0 amide bonds. The Morgan fingerprint density at radius 1 is 0.933 bits per heavy atom. The van der Waals surface area contributed by atoms with E-state index < -0.39 is 24.4 Å². The van der Waals surface area contributed by atoms with Crippen molar-refractivity contribution in [3.05, 3.63) is 0 Å². The molecule has 0 spiro atoms. The van der Waals surface area contributed by atoms with Gasteiger partial charge >= 0.3 is 5.97 Å². The van der Waals surface area contributed by atoms with Crippen LogP contribution in [0.5, 0.6) is 0 Å². The van der Waals surface area contributed by atoms with Gasteiger partial charge in [-0.2, -0.15) is 0 Å². The number of ether oxygens (including phenoxy) is 1. The van der Waals surface area contributed by atoms with Crippen LogP contribution in [0.3, 0.4) is 0 Å². The Kier molecular flexibility index (Phi) is 20.7. The van der Waals surface area contributed by atoms with Gasteiger partial charge in [0.2, 0.25) is 0 Å². The minimum absolute atomic E-state index is 0.0878. The molecule has 0 fully saturated rings. The smallest absolute Gasteiger partial charge is 0.302 e. The molecular formula is C23H46O7.